The second kappa shape index (κ2) is 3.38. The summed E-state index contributed by atoms with van der Waals surface area (Å²) in [6, 6.07) is 6.89. The largest absolute Gasteiger partial charge is 0.493 e. The molecule has 0 aromatic heterocycles. The zero-order chi connectivity index (χ0) is 9.26. The van der Waals surface area contributed by atoms with Crippen LogP contribution in [-0.4, -0.2) is 13.7 Å². The van der Waals surface area contributed by atoms with E-state index in [2.05, 4.69) is 30.4 Å². The summed E-state index contributed by atoms with van der Waals surface area (Å²) in [5.41, 5.74) is 2.63. The number of rotatable bonds is 2. The fraction of sp³-hybridized carbons (Fsp3) is 0.455. The fourth-order valence-electron chi connectivity index (χ4n) is 1.62. The van der Waals surface area contributed by atoms with E-state index < -0.39 is 0 Å². The van der Waals surface area contributed by atoms with Crippen LogP contribution in [0.2, 0.25) is 0 Å². The topological polar surface area (TPSA) is 21.3 Å². The van der Waals surface area contributed by atoms with E-state index >= 15 is 0 Å². The molecule has 2 heteroatoms. The molecule has 1 atom stereocenters. The number of benzene rings is 1. The summed E-state index contributed by atoms with van der Waals surface area (Å²) in [6.45, 7) is 2.99. The second-order valence-corrected chi connectivity index (χ2v) is 3.48. The van der Waals surface area contributed by atoms with Gasteiger partial charge in [-0.15, -0.1) is 0 Å². The fourth-order valence-corrected chi connectivity index (χ4v) is 1.62. The highest BCUT2D eigenvalue weighted by Gasteiger charge is 2.13. The molecule has 1 N–H and O–H groups in total. The third kappa shape index (κ3) is 1.54. The van der Waals surface area contributed by atoms with E-state index in [-0.39, 0.29) is 0 Å². The molecule has 0 aliphatic carbocycles. The molecule has 0 saturated heterocycles. The summed E-state index contributed by atoms with van der Waals surface area (Å²) >= 11 is 0. The van der Waals surface area contributed by atoms with Gasteiger partial charge in [0.15, 0.2) is 0 Å². The van der Waals surface area contributed by atoms with E-state index in [4.69, 9.17) is 4.74 Å². The van der Waals surface area contributed by atoms with Gasteiger partial charge in [0.2, 0.25) is 0 Å². The molecular formula is C11H15NO. The van der Waals surface area contributed by atoms with Crippen LogP contribution in [0.1, 0.15) is 24.1 Å². The maximum absolute atomic E-state index is 5.51. The molecule has 2 nitrogen and oxygen atoms in total. The smallest absolute Gasteiger partial charge is 0.122 e. The minimum Gasteiger partial charge on any atom is -0.493 e. The molecule has 0 fully saturated rings. The Hall–Kier alpha value is -1.02. The minimum atomic E-state index is 0.398. The van der Waals surface area contributed by atoms with Crippen molar-refractivity contribution in [3.63, 3.8) is 0 Å². The van der Waals surface area contributed by atoms with Crippen molar-refractivity contribution >= 4 is 0 Å². The highest BCUT2D eigenvalue weighted by atomic mass is 16.5. The lowest BCUT2D eigenvalue weighted by atomic mass is 10.0. The molecule has 2 rings (SSSR count). The Morgan fingerprint density at radius 2 is 2.31 bits per heavy atom. The van der Waals surface area contributed by atoms with Crippen LogP contribution in [0.3, 0.4) is 0 Å². The van der Waals surface area contributed by atoms with E-state index in [0.717, 1.165) is 18.8 Å². The third-order valence-electron chi connectivity index (χ3n) is 2.65. The van der Waals surface area contributed by atoms with Gasteiger partial charge in [0, 0.05) is 12.5 Å². The zero-order valence-corrected chi connectivity index (χ0v) is 8.13. The van der Waals surface area contributed by atoms with Crippen LogP contribution in [-0.2, 0) is 6.42 Å². The van der Waals surface area contributed by atoms with Gasteiger partial charge >= 0.3 is 0 Å². The number of hydrogen-bond donors (Lipinski definition) is 1. The lowest BCUT2D eigenvalue weighted by Crippen LogP contribution is -2.12. The first-order chi connectivity index (χ1) is 6.31. The van der Waals surface area contributed by atoms with Crippen LogP contribution in [0.15, 0.2) is 18.2 Å². The summed E-state index contributed by atoms with van der Waals surface area (Å²) in [7, 11) is 1.97. The molecule has 0 bridgehead atoms. The number of fused-ring (bicyclic) bond motifs is 1. The molecule has 0 radical (unpaired) electrons. The van der Waals surface area contributed by atoms with Gasteiger partial charge in [0.05, 0.1) is 6.61 Å². The average molecular weight is 177 g/mol. The third-order valence-corrected chi connectivity index (χ3v) is 2.65. The van der Waals surface area contributed by atoms with E-state index in [1.807, 2.05) is 7.05 Å². The van der Waals surface area contributed by atoms with Crippen LogP contribution in [0.4, 0.5) is 0 Å². The number of ether oxygens (including phenoxy) is 1. The molecule has 0 saturated carbocycles. The van der Waals surface area contributed by atoms with Gasteiger partial charge in [-0.05, 0) is 31.2 Å². The molecule has 0 amide bonds. The summed E-state index contributed by atoms with van der Waals surface area (Å²) in [5.74, 6) is 1.07. The van der Waals surface area contributed by atoms with Crippen LogP contribution in [0, 0.1) is 0 Å². The lowest BCUT2D eigenvalue weighted by molar-refractivity contribution is 0.356. The van der Waals surface area contributed by atoms with Crippen molar-refractivity contribution in [3.05, 3.63) is 29.3 Å². The second-order valence-electron chi connectivity index (χ2n) is 3.48. The Labute approximate surface area is 78.9 Å². The highest BCUT2D eigenvalue weighted by molar-refractivity contribution is 5.40. The van der Waals surface area contributed by atoms with E-state index in [9.17, 15) is 0 Å². The normalized spacial score (nSPS) is 16.5. The summed E-state index contributed by atoms with van der Waals surface area (Å²) in [4.78, 5) is 0. The SMILES string of the molecule is CNC(C)c1ccc2c(c1)OCC2. The molecule has 1 aromatic carbocycles. The van der Waals surface area contributed by atoms with Crippen molar-refractivity contribution in [2.75, 3.05) is 13.7 Å². The highest BCUT2D eigenvalue weighted by Crippen LogP contribution is 2.28. The van der Waals surface area contributed by atoms with E-state index in [1.54, 1.807) is 0 Å². The summed E-state index contributed by atoms with van der Waals surface area (Å²) < 4.78 is 5.51. The molecule has 1 aromatic rings. The Morgan fingerprint density at radius 1 is 1.46 bits per heavy atom. The van der Waals surface area contributed by atoms with Gasteiger partial charge in [0.1, 0.15) is 5.75 Å². The Kier molecular flexibility index (Phi) is 2.23. The van der Waals surface area contributed by atoms with Crippen LogP contribution in [0.25, 0.3) is 0 Å². The van der Waals surface area contributed by atoms with Crippen LogP contribution in [0.5, 0.6) is 5.75 Å². The molecule has 1 unspecified atom stereocenters. The van der Waals surface area contributed by atoms with Crippen LogP contribution >= 0.6 is 0 Å². The quantitative estimate of drug-likeness (QED) is 0.745. The van der Waals surface area contributed by atoms with Crippen molar-refractivity contribution in [2.24, 2.45) is 0 Å². The summed E-state index contributed by atoms with van der Waals surface area (Å²) in [5, 5.41) is 3.22. The molecule has 70 valence electrons. The van der Waals surface area contributed by atoms with Gasteiger partial charge in [0.25, 0.3) is 0 Å². The number of nitrogens with one attached hydrogen (secondary N) is 1. The minimum absolute atomic E-state index is 0.398. The summed E-state index contributed by atoms with van der Waals surface area (Å²) in [6.07, 6.45) is 1.06. The maximum atomic E-state index is 5.51. The molecule has 1 heterocycles. The van der Waals surface area contributed by atoms with E-state index in [1.165, 1.54) is 11.1 Å². The van der Waals surface area contributed by atoms with Crippen LogP contribution < -0.4 is 10.1 Å². The molecule has 1 aliphatic heterocycles. The zero-order valence-electron chi connectivity index (χ0n) is 8.13. The molecule has 0 spiro atoms. The predicted octanol–water partition coefficient (Wildman–Crippen LogP) is 1.90. The standard InChI is InChI=1S/C11H15NO/c1-8(12-2)10-4-3-9-5-6-13-11(9)7-10/h3-4,7-8,12H,5-6H2,1-2H3. The lowest BCUT2D eigenvalue weighted by Gasteiger charge is -2.11. The van der Waals surface area contributed by atoms with Crippen molar-refractivity contribution in [3.8, 4) is 5.75 Å². The molecule has 13 heavy (non-hydrogen) atoms. The Bertz CT molecular complexity index is 309. The number of hydrogen-bond acceptors (Lipinski definition) is 2. The van der Waals surface area contributed by atoms with E-state index in [0.29, 0.717) is 6.04 Å². The monoisotopic (exact) mass is 177 g/mol. The first kappa shape index (κ1) is 8.57. The van der Waals surface area contributed by atoms with Crippen molar-refractivity contribution < 1.29 is 4.74 Å². The molecular weight excluding hydrogens is 162 g/mol. The van der Waals surface area contributed by atoms with Crippen molar-refractivity contribution in [2.45, 2.75) is 19.4 Å². The Balaban J connectivity index is 2.30. The average Bonchev–Trinajstić information content (AvgIpc) is 2.63. The predicted molar refractivity (Wildman–Crippen MR) is 53.1 cm³/mol. The first-order valence-corrected chi connectivity index (χ1v) is 4.74. The van der Waals surface area contributed by atoms with Crippen molar-refractivity contribution in [1.82, 2.24) is 5.32 Å². The van der Waals surface area contributed by atoms with Gasteiger partial charge in [-0.2, -0.15) is 0 Å². The Morgan fingerprint density at radius 3 is 3.08 bits per heavy atom. The van der Waals surface area contributed by atoms with Gasteiger partial charge in [-0.1, -0.05) is 12.1 Å². The van der Waals surface area contributed by atoms with Gasteiger partial charge in [-0.25, -0.2) is 0 Å². The first-order valence-electron chi connectivity index (χ1n) is 4.74. The maximum Gasteiger partial charge on any atom is 0.122 e. The van der Waals surface area contributed by atoms with Gasteiger partial charge < -0.3 is 10.1 Å². The van der Waals surface area contributed by atoms with Gasteiger partial charge in [-0.3, -0.25) is 0 Å². The molecule has 1 aliphatic rings. The van der Waals surface area contributed by atoms with Crippen molar-refractivity contribution in [1.29, 1.82) is 0 Å².